The first kappa shape index (κ1) is 21.0. The summed E-state index contributed by atoms with van der Waals surface area (Å²) in [5, 5.41) is 6.75. The van der Waals surface area contributed by atoms with E-state index in [1.165, 1.54) is 11.2 Å². The molecule has 2 aliphatic rings. The van der Waals surface area contributed by atoms with Gasteiger partial charge >= 0.3 is 0 Å². The molecule has 0 aliphatic carbocycles. The van der Waals surface area contributed by atoms with E-state index in [2.05, 4.69) is 15.5 Å². The van der Waals surface area contributed by atoms with Crippen molar-refractivity contribution in [2.75, 3.05) is 31.6 Å². The van der Waals surface area contributed by atoms with Crippen molar-refractivity contribution in [3.63, 3.8) is 0 Å². The van der Waals surface area contributed by atoms with Crippen LogP contribution in [0.2, 0.25) is 0 Å². The molecule has 2 aliphatic heterocycles. The maximum atomic E-state index is 13.7. The van der Waals surface area contributed by atoms with Crippen LogP contribution >= 0.6 is 0 Å². The maximum absolute atomic E-state index is 13.7. The molecule has 1 atom stereocenters. The third kappa shape index (κ3) is 3.75. The van der Waals surface area contributed by atoms with Crippen LogP contribution < -0.4 is 5.32 Å². The number of ether oxygens (including phenoxy) is 1. The fraction of sp³-hybridized carbons (Fsp3) is 0.550. The van der Waals surface area contributed by atoms with E-state index in [0.29, 0.717) is 31.5 Å². The Bertz CT molecular complexity index is 1060. The molecule has 1 unspecified atom stereocenters. The first-order valence-corrected chi connectivity index (χ1v) is 11.4. The van der Waals surface area contributed by atoms with E-state index in [1.54, 1.807) is 25.1 Å². The molecule has 0 radical (unpaired) electrons. The van der Waals surface area contributed by atoms with Gasteiger partial charge in [0, 0.05) is 46.1 Å². The Kier molecular flexibility index (Phi) is 5.41. The van der Waals surface area contributed by atoms with Crippen LogP contribution in [0.5, 0.6) is 0 Å². The first-order valence-electron chi connectivity index (χ1n) is 9.98. The summed E-state index contributed by atoms with van der Waals surface area (Å²) in [6.45, 7) is 6.66. The number of anilines is 1. The Labute approximate surface area is 175 Å². The monoisotopic (exact) mass is 434 g/mol. The number of benzene rings is 1. The van der Waals surface area contributed by atoms with Crippen LogP contribution in [-0.4, -0.2) is 55.1 Å². The van der Waals surface area contributed by atoms with Crippen molar-refractivity contribution in [3.05, 3.63) is 35.5 Å². The van der Waals surface area contributed by atoms with Gasteiger partial charge in [-0.15, -0.1) is 0 Å². The summed E-state index contributed by atoms with van der Waals surface area (Å²) in [7, 11) is -3.86. The topological polar surface area (TPSA) is 115 Å². The van der Waals surface area contributed by atoms with Crippen LogP contribution in [0.25, 0.3) is 0 Å². The van der Waals surface area contributed by atoms with Crippen molar-refractivity contribution in [2.45, 2.75) is 44.4 Å². The van der Waals surface area contributed by atoms with Crippen LogP contribution in [0.1, 0.15) is 43.0 Å². The van der Waals surface area contributed by atoms with Crippen molar-refractivity contribution in [1.82, 2.24) is 14.4 Å². The molecule has 1 aromatic carbocycles. The Balaban J connectivity index is 1.74. The Morgan fingerprint density at radius 1 is 1.27 bits per heavy atom. The van der Waals surface area contributed by atoms with E-state index in [4.69, 9.17) is 9.26 Å². The molecule has 1 spiro atoms. The molecule has 2 saturated heterocycles. The number of amides is 1. The third-order valence-electron chi connectivity index (χ3n) is 6.03. The lowest BCUT2D eigenvalue weighted by molar-refractivity contribution is -0.114. The fourth-order valence-electron chi connectivity index (χ4n) is 4.48. The average Bonchev–Trinajstić information content (AvgIpc) is 3.27. The second-order valence-electron chi connectivity index (χ2n) is 8.18. The number of carbonyl (C=O) groups excluding carboxylic acids is 1. The molecule has 10 heteroatoms. The number of hydrogen-bond donors (Lipinski definition) is 1. The fourth-order valence-corrected chi connectivity index (χ4v) is 6.26. The molecule has 4 rings (SSSR count). The Hall–Kier alpha value is -2.30. The molecule has 2 aromatic rings. The largest absolute Gasteiger partial charge is 0.381 e. The number of aromatic nitrogens is 2. The SMILES string of the molecule is CC(=O)Nc1ccc(C)cc1S(=O)(=O)N1CC(c2noc(C)n2)C2(CCOCC2)C1. The van der Waals surface area contributed by atoms with Gasteiger partial charge in [-0.1, -0.05) is 11.2 Å². The number of rotatable bonds is 4. The van der Waals surface area contributed by atoms with Gasteiger partial charge in [0.2, 0.25) is 21.8 Å². The highest BCUT2D eigenvalue weighted by Crippen LogP contribution is 2.50. The highest BCUT2D eigenvalue weighted by atomic mass is 32.2. The molecule has 30 heavy (non-hydrogen) atoms. The zero-order valence-electron chi connectivity index (χ0n) is 17.3. The minimum Gasteiger partial charge on any atom is -0.381 e. The van der Waals surface area contributed by atoms with E-state index >= 15 is 0 Å². The standard InChI is InChI=1S/C20H26N4O5S/c1-13-4-5-17(21-14(2)25)18(10-13)30(26,27)24-11-16(19-22-15(3)29-23-19)20(12-24)6-8-28-9-7-20/h4-5,10,16H,6-9,11-12H2,1-3H3,(H,21,25). The minimum atomic E-state index is -3.86. The van der Waals surface area contributed by atoms with E-state index in [-0.39, 0.29) is 34.4 Å². The van der Waals surface area contributed by atoms with Crippen molar-refractivity contribution >= 4 is 21.6 Å². The second kappa shape index (κ2) is 7.75. The summed E-state index contributed by atoms with van der Waals surface area (Å²) in [6.07, 6.45) is 1.45. The number of sulfonamides is 1. The van der Waals surface area contributed by atoms with E-state index in [1.807, 2.05) is 6.92 Å². The van der Waals surface area contributed by atoms with Crippen LogP contribution in [-0.2, 0) is 19.6 Å². The van der Waals surface area contributed by atoms with Gasteiger partial charge in [0.15, 0.2) is 5.82 Å². The van der Waals surface area contributed by atoms with Gasteiger partial charge in [-0.2, -0.15) is 9.29 Å². The molecule has 162 valence electrons. The average molecular weight is 435 g/mol. The van der Waals surface area contributed by atoms with E-state index in [9.17, 15) is 13.2 Å². The molecular formula is C20H26N4O5S. The summed E-state index contributed by atoms with van der Waals surface area (Å²) in [5.41, 5.74) is 0.778. The highest BCUT2D eigenvalue weighted by Gasteiger charge is 2.53. The number of aryl methyl sites for hydroxylation is 2. The van der Waals surface area contributed by atoms with E-state index in [0.717, 1.165) is 18.4 Å². The summed E-state index contributed by atoms with van der Waals surface area (Å²) in [6, 6.07) is 5.01. The van der Waals surface area contributed by atoms with E-state index < -0.39 is 10.0 Å². The molecule has 1 N–H and O–H groups in total. The highest BCUT2D eigenvalue weighted by molar-refractivity contribution is 7.89. The smallest absolute Gasteiger partial charge is 0.245 e. The predicted molar refractivity (Wildman–Crippen MR) is 109 cm³/mol. The molecule has 1 aromatic heterocycles. The maximum Gasteiger partial charge on any atom is 0.245 e. The quantitative estimate of drug-likeness (QED) is 0.785. The third-order valence-corrected chi connectivity index (χ3v) is 7.88. The lowest BCUT2D eigenvalue weighted by Crippen LogP contribution is -2.37. The normalized spacial score (nSPS) is 21.8. The number of nitrogens with zero attached hydrogens (tertiary/aromatic N) is 3. The second-order valence-corrected chi connectivity index (χ2v) is 10.1. The van der Waals surface area contributed by atoms with Crippen molar-refractivity contribution in [2.24, 2.45) is 5.41 Å². The van der Waals surface area contributed by atoms with Gasteiger partial charge in [0.05, 0.1) is 5.69 Å². The van der Waals surface area contributed by atoms with Crippen molar-refractivity contribution in [1.29, 1.82) is 0 Å². The Morgan fingerprint density at radius 2 is 2.00 bits per heavy atom. The van der Waals surface area contributed by atoms with Crippen molar-refractivity contribution < 1.29 is 22.5 Å². The summed E-state index contributed by atoms with van der Waals surface area (Å²) in [5.74, 6) is 0.499. The molecule has 0 bridgehead atoms. The summed E-state index contributed by atoms with van der Waals surface area (Å²) < 4.78 is 39.6. The van der Waals surface area contributed by atoms with Crippen LogP contribution in [0, 0.1) is 19.3 Å². The number of carbonyl (C=O) groups is 1. The first-order chi connectivity index (χ1) is 14.2. The summed E-state index contributed by atoms with van der Waals surface area (Å²) in [4.78, 5) is 16.1. The lowest BCUT2D eigenvalue weighted by atomic mass is 9.72. The predicted octanol–water partition coefficient (Wildman–Crippen LogP) is 2.23. The Morgan fingerprint density at radius 3 is 2.63 bits per heavy atom. The van der Waals surface area contributed by atoms with Gasteiger partial charge < -0.3 is 14.6 Å². The molecule has 1 amide bonds. The number of hydrogen-bond acceptors (Lipinski definition) is 7. The van der Waals surface area contributed by atoms with Gasteiger partial charge in [-0.3, -0.25) is 4.79 Å². The minimum absolute atomic E-state index is 0.102. The van der Waals surface area contributed by atoms with Gasteiger partial charge in [-0.25, -0.2) is 8.42 Å². The van der Waals surface area contributed by atoms with Gasteiger partial charge in [0.25, 0.3) is 0 Å². The van der Waals surface area contributed by atoms with Crippen LogP contribution in [0.4, 0.5) is 5.69 Å². The van der Waals surface area contributed by atoms with Gasteiger partial charge in [-0.05, 0) is 42.9 Å². The zero-order chi connectivity index (χ0) is 21.5. The van der Waals surface area contributed by atoms with Gasteiger partial charge in [0.1, 0.15) is 4.90 Å². The number of nitrogens with one attached hydrogen (secondary N) is 1. The van der Waals surface area contributed by atoms with Crippen LogP contribution in [0.3, 0.4) is 0 Å². The van der Waals surface area contributed by atoms with Crippen molar-refractivity contribution in [3.8, 4) is 0 Å². The zero-order valence-corrected chi connectivity index (χ0v) is 18.2. The van der Waals surface area contributed by atoms with Crippen LogP contribution in [0.15, 0.2) is 27.6 Å². The summed E-state index contributed by atoms with van der Waals surface area (Å²) >= 11 is 0. The molecular weight excluding hydrogens is 408 g/mol. The molecule has 0 saturated carbocycles. The molecule has 3 heterocycles. The lowest BCUT2D eigenvalue weighted by Gasteiger charge is -2.36. The molecule has 2 fully saturated rings. The molecule has 9 nitrogen and oxygen atoms in total.